The van der Waals surface area contributed by atoms with Crippen molar-refractivity contribution >= 4 is 11.9 Å². The number of benzene rings is 3. The lowest BCUT2D eigenvalue weighted by molar-refractivity contribution is 0.0695. The van der Waals surface area contributed by atoms with E-state index >= 15 is 0 Å². The lowest BCUT2D eigenvalue weighted by Crippen LogP contribution is -2.08. The maximum Gasteiger partial charge on any atom is 0.343 e. The number of esters is 1. The molecule has 0 saturated carbocycles. The number of aliphatic hydroxyl groups is 1. The molecule has 0 amide bonds. The van der Waals surface area contributed by atoms with Gasteiger partial charge in [-0.1, -0.05) is 55.5 Å². The SMILES string of the molecule is Cc1ccc(C(=O)O)c(-c2ccc(OC(=O)c3ccc(OCCCCCCCCO)cc3)cc2)c1. The first-order valence-corrected chi connectivity index (χ1v) is 12.0. The normalized spacial score (nSPS) is 10.7. The van der Waals surface area contributed by atoms with E-state index in [1.165, 1.54) is 0 Å². The lowest BCUT2D eigenvalue weighted by Gasteiger charge is -2.10. The number of aromatic carboxylic acids is 1. The number of hydrogen-bond acceptors (Lipinski definition) is 5. The highest BCUT2D eigenvalue weighted by molar-refractivity contribution is 5.96. The molecule has 3 aromatic carbocycles. The van der Waals surface area contributed by atoms with Crippen molar-refractivity contribution in [3.8, 4) is 22.6 Å². The van der Waals surface area contributed by atoms with Crippen LogP contribution in [0.1, 0.15) is 64.8 Å². The van der Waals surface area contributed by atoms with E-state index in [0.29, 0.717) is 29.2 Å². The highest BCUT2D eigenvalue weighted by Crippen LogP contribution is 2.27. The Morgan fingerprint density at radius 2 is 1.40 bits per heavy atom. The summed E-state index contributed by atoms with van der Waals surface area (Å²) < 4.78 is 11.2. The third kappa shape index (κ3) is 7.97. The van der Waals surface area contributed by atoms with Gasteiger partial charge in [0.05, 0.1) is 17.7 Å². The zero-order valence-corrected chi connectivity index (χ0v) is 20.0. The van der Waals surface area contributed by atoms with Crippen LogP contribution in [0.4, 0.5) is 0 Å². The molecule has 3 aromatic rings. The Morgan fingerprint density at radius 3 is 2.06 bits per heavy atom. The number of carbonyl (C=O) groups is 2. The number of unbranched alkanes of at least 4 members (excludes halogenated alkanes) is 5. The van der Waals surface area contributed by atoms with Gasteiger partial charge in [-0.25, -0.2) is 9.59 Å². The molecule has 35 heavy (non-hydrogen) atoms. The fourth-order valence-corrected chi connectivity index (χ4v) is 3.75. The zero-order chi connectivity index (χ0) is 25.0. The van der Waals surface area contributed by atoms with Crippen LogP contribution in [0.15, 0.2) is 66.7 Å². The average Bonchev–Trinajstić information content (AvgIpc) is 2.86. The van der Waals surface area contributed by atoms with E-state index in [9.17, 15) is 14.7 Å². The van der Waals surface area contributed by atoms with Gasteiger partial charge < -0.3 is 19.7 Å². The van der Waals surface area contributed by atoms with E-state index in [4.69, 9.17) is 14.6 Å². The van der Waals surface area contributed by atoms with Gasteiger partial charge >= 0.3 is 11.9 Å². The van der Waals surface area contributed by atoms with E-state index in [0.717, 1.165) is 49.7 Å². The van der Waals surface area contributed by atoms with Gasteiger partial charge in [-0.3, -0.25) is 0 Å². The number of aryl methyl sites for hydroxylation is 1. The van der Waals surface area contributed by atoms with Crippen molar-refractivity contribution in [2.24, 2.45) is 0 Å². The topological polar surface area (TPSA) is 93.1 Å². The maximum atomic E-state index is 12.5. The molecule has 0 saturated heterocycles. The van der Waals surface area contributed by atoms with Crippen LogP contribution in [-0.4, -0.2) is 35.4 Å². The first-order valence-electron chi connectivity index (χ1n) is 12.0. The van der Waals surface area contributed by atoms with Crippen molar-refractivity contribution in [1.82, 2.24) is 0 Å². The van der Waals surface area contributed by atoms with Gasteiger partial charge in [-0.05, 0) is 73.4 Å². The minimum absolute atomic E-state index is 0.223. The number of ether oxygens (including phenoxy) is 2. The van der Waals surface area contributed by atoms with Gasteiger partial charge in [0.25, 0.3) is 0 Å². The summed E-state index contributed by atoms with van der Waals surface area (Å²) in [4.78, 5) is 24.1. The van der Waals surface area contributed by atoms with Crippen LogP contribution in [0.5, 0.6) is 11.5 Å². The highest BCUT2D eigenvalue weighted by atomic mass is 16.5. The second-order valence-corrected chi connectivity index (χ2v) is 8.49. The van der Waals surface area contributed by atoms with Crippen LogP contribution < -0.4 is 9.47 Å². The summed E-state index contributed by atoms with van der Waals surface area (Å²) in [5, 5.41) is 18.2. The molecule has 6 heteroatoms. The maximum absolute atomic E-state index is 12.5. The summed E-state index contributed by atoms with van der Waals surface area (Å²) in [5.41, 5.74) is 2.95. The lowest BCUT2D eigenvalue weighted by atomic mass is 9.97. The van der Waals surface area contributed by atoms with Crippen molar-refractivity contribution in [2.45, 2.75) is 45.4 Å². The summed E-state index contributed by atoms with van der Waals surface area (Å²) in [6, 6.07) is 18.8. The Bertz CT molecular complexity index is 1100. The predicted molar refractivity (Wildman–Crippen MR) is 135 cm³/mol. The molecule has 0 aliphatic heterocycles. The van der Waals surface area contributed by atoms with E-state index in [-0.39, 0.29) is 12.2 Å². The van der Waals surface area contributed by atoms with Crippen molar-refractivity contribution in [3.63, 3.8) is 0 Å². The quantitative estimate of drug-likeness (QED) is 0.171. The zero-order valence-electron chi connectivity index (χ0n) is 20.0. The third-order valence-electron chi connectivity index (χ3n) is 5.69. The molecular formula is C29H32O6. The second kappa shape index (κ2) is 13.3. The second-order valence-electron chi connectivity index (χ2n) is 8.49. The molecule has 6 nitrogen and oxygen atoms in total. The van der Waals surface area contributed by atoms with E-state index in [1.54, 1.807) is 60.7 Å². The molecule has 0 atom stereocenters. The summed E-state index contributed by atoms with van der Waals surface area (Å²) >= 11 is 0. The van der Waals surface area contributed by atoms with Crippen molar-refractivity contribution in [1.29, 1.82) is 0 Å². The van der Waals surface area contributed by atoms with Gasteiger partial charge in [-0.15, -0.1) is 0 Å². The minimum atomic E-state index is -0.989. The molecular weight excluding hydrogens is 444 g/mol. The van der Waals surface area contributed by atoms with Crippen LogP contribution in [0.3, 0.4) is 0 Å². The van der Waals surface area contributed by atoms with Crippen LogP contribution in [0.2, 0.25) is 0 Å². The monoisotopic (exact) mass is 476 g/mol. The number of carboxylic acids is 1. The smallest absolute Gasteiger partial charge is 0.343 e. The summed E-state index contributed by atoms with van der Waals surface area (Å²) in [6.45, 7) is 2.80. The van der Waals surface area contributed by atoms with Crippen molar-refractivity contribution in [2.75, 3.05) is 13.2 Å². The molecule has 3 rings (SSSR count). The number of hydrogen-bond donors (Lipinski definition) is 2. The van der Waals surface area contributed by atoms with E-state index in [2.05, 4.69) is 0 Å². The Morgan fingerprint density at radius 1 is 0.771 bits per heavy atom. The molecule has 0 spiro atoms. The Kier molecular flexibility index (Phi) is 9.87. The number of carboxylic acid groups (broad SMARTS) is 1. The molecule has 0 bridgehead atoms. The number of rotatable bonds is 13. The molecule has 0 aliphatic rings. The minimum Gasteiger partial charge on any atom is -0.494 e. The number of carbonyl (C=O) groups excluding carboxylic acids is 1. The van der Waals surface area contributed by atoms with Crippen LogP contribution in [0, 0.1) is 6.92 Å². The first kappa shape index (κ1) is 26.0. The predicted octanol–water partition coefficient (Wildman–Crippen LogP) is 6.29. The molecule has 0 fully saturated rings. The van der Waals surface area contributed by atoms with Crippen LogP contribution in [0.25, 0.3) is 11.1 Å². The van der Waals surface area contributed by atoms with Gasteiger partial charge in [0.1, 0.15) is 11.5 Å². The number of aliphatic hydroxyl groups excluding tert-OH is 1. The standard InChI is InChI=1S/C29H32O6/c1-21-8-17-26(28(31)32)27(20-21)22-9-15-25(16-10-22)35-29(33)23-11-13-24(14-12-23)34-19-7-5-3-2-4-6-18-30/h8-17,20,30H,2-7,18-19H2,1H3,(H,31,32). The van der Waals surface area contributed by atoms with Crippen molar-refractivity contribution in [3.05, 3.63) is 83.4 Å². The third-order valence-corrected chi connectivity index (χ3v) is 5.69. The first-order chi connectivity index (χ1) is 17.0. The van der Waals surface area contributed by atoms with Gasteiger partial charge in [-0.2, -0.15) is 0 Å². The molecule has 0 unspecified atom stereocenters. The Labute approximate surface area is 206 Å². The molecule has 184 valence electrons. The van der Waals surface area contributed by atoms with Gasteiger partial charge in [0.2, 0.25) is 0 Å². The van der Waals surface area contributed by atoms with Gasteiger partial charge in [0.15, 0.2) is 0 Å². The molecule has 0 aliphatic carbocycles. The van der Waals surface area contributed by atoms with E-state index in [1.807, 2.05) is 13.0 Å². The fraction of sp³-hybridized carbons (Fsp3) is 0.310. The molecule has 0 radical (unpaired) electrons. The molecule has 2 N–H and O–H groups in total. The molecule has 0 heterocycles. The summed E-state index contributed by atoms with van der Waals surface area (Å²) in [7, 11) is 0. The summed E-state index contributed by atoms with van der Waals surface area (Å²) in [6.07, 6.45) is 6.27. The molecule has 0 aromatic heterocycles. The average molecular weight is 477 g/mol. The fourth-order valence-electron chi connectivity index (χ4n) is 3.75. The Balaban J connectivity index is 1.50. The largest absolute Gasteiger partial charge is 0.494 e. The summed E-state index contributed by atoms with van der Waals surface area (Å²) in [5.74, 6) is -0.382. The van der Waals surface area contributed by atoms with Gasteiger partial charge in [0, 0.05) is 6.61 Å². The van der Waals surface area contributed by atoms with E-state index < -0.39 is 11.9 Å². The van der Waals surface area contributed by atoms with Crippen LogP contribution >= 0.6 is 0 Å². The van der Waals surface area contributed by atoms with Crippen molar-refractivity contribution < 1.29 is 29.3 Å². The highest BCUT2D eigenvalue weighted by Gasteiger charge is 2.13. The Hall–Kier alpha value is -3.64. The van der Waals surface area contributed by atoms with Crippen LogP contribution in [-0.2, 0) is 0 Å².